The summed E-state index contributed by atoms with van der Waals surface area (Å²) in [4.78, 5) is 13.3. The summed E-state index contributed by atoms with van der Waals surface area (Å²) in [5.74, 6) is 0.836. The Kier molecular flexibility index (Phi) is 10.7. The van der Waals surface area contributed by atoms with Gasteiger partial charge in [-0.15, -0.1) is 23.7 Å². The molecule has 5 heteroatoms. The average molecular weight is 410 g/mol. The first kappa shape index (κ1) is 23.7. The molecule has 0 atom stereocenters. The summed E-state index contributed by atoms with van der Waals surface area (Å²) in [6.45, 7) is 8.27. The summed E-state index contributed by atoms with van der Waals surface area (Å²) < 4.78 is 0. The number of carbonyl (C=O) groups excluding carboxylic acids is 1. The van der Waals surface area contributed by atoms with E-state index >= 15 is 0 Å². The maximum atomic E-state index is 12.5. The van der Waals surface area contributed by atoms with Crippen molar-refractivity contribution in [3.63, 3.8) is 0 Å². The highest BCUT2D eigenvalue weighted by molar-refractivity contribution is 7.12. The lowest BCUT2D eigenvalue weighted by molar-refractivity contribution is 0.104. The Morgan fingerprint density at radius 3 is 2.37 bits per heavy atom. The molecule has 0 amide bonds. The summed E-state index contributed by atoms with van der Waals surface area (Å²) >= 11 is 1.47. The minimum Gasteiger partial charge on any atom is -0.507 e. The average Bonchev–Trinajstić information content (AvgIpc) is 3.20. The molecule has 1 aliphatic carbocycles. The van der Waals surface area contributed by atoms with Crippen LogP contribution in [0.4, 0.5) is 0 Å². The van der Waals surface area contributed by atoms with Gasteiger partial charge in [-0.05, 0) is 73.5 Å². The van der Waals surface area contributed by atoms with Crippen molar-refractivity contribution in [2.24, 2.45) is 0 Å². The van der Waals surface area contributed by atoms with Crippen molar-refractivity contribution in [1.29, 1.82) is 0 Å². The first-order chi connectivity index (χ1) is 12.6. The summed E-state index contributed by atoms with van der Waals surface area (Å²) in [6.07, 6.45) is 5.94. The highest BCUT2D eigenvalue weighted by Gasteiger charge is 2.22. The lowest BCUT2D eigenvalue weighted by Gasteiger charge is -2.24. The van der Waals surface area contributed by atoms with E-state index in [1.807, 2.05) is 36.6 Å². The van der Waals surface area contributed by atoms with Crippen LogP contribution < -0.4 is 5.32 Å². The predicted octanol–water partition coefficient (Wildman–Crippen LogP) is 6.08. The zero-order chi connectivity index (χ0) is 18.9. The molecule has 1 aromatic heterocycles. The zero-order valence-corrected chi connectivity index (χ0v) is 18.2. The van der Waals surface area contributed by atoms with E-state index < -0.39 is 0 Å². The number of rotatable bonds is 5. The molecule has 27 heavy (non-hydrogen) atoms. The molecule has 1 saturated carbocycles. The molecule has 0 spiro atoms. The normalized spacial score (nSPS) is 14.0. The topological polar surface area (TPSA) is 49.3 Å². The van der Waals surface area contributed by atoms with Crippen LogP contribution in [-0.2, 0) is 0 Å². The third-order valence-electron chi connectivity index (χ3n) is 4.88. The number of aromatic hydroxyl groups is 1. The van der Waals surface area contributed by atoms with Gasteiger partial charge in [0, 0.05) is 5.56 Å². The molecular weight excluding hydrogens is 378 g/mol. The molecule has 0 bridgehead atoms. The van der Waals surface area contributed by atoms with Gasteiger partial charge >= 0.3 is 0 Å². The maximum Gasteiger partial charge on any atom is 0.202 e. The lowest BCUT2D eigenvalue weighted by Crippen LogP contribution is -2.09. The van der Waals surface area contributed by atoms with Gasteiger partial charge in [-0.3, -0.25) is 4.79 Å². The highest BCUT2D eigenvalue weighted by Crippen LogP contribution is 2.39. The van der Waals surface area contributed by atoms with E-state index in [4.69, 9.17) is 0 Å². The van der Waals surface area contributed by atoms with Crippen molar-refractivity contribution in [2.75, 3.05) is 13.1 Å². The van der Waals surface area contributed by atoms with E-state index in [2.05, 4.69) is 19.2 Å². The van der Waals surface area contributed by atoms with Gasteiger partial charge in [-0.25, -0.2) is 0 Å². The van der Waals surface area contributed by atoms with Crippen molar-refractivity contribution in [2.45, 2.75) is 58.8 Å². The van der Waals surface area contributed by atoms with Gasteiger partial charge in [0.2, 0.25) is 5.78 Å². The van der Waals surface area contributed by atoms with Gasteiger partial charge in [-0.2, -0.15) is 0 Å². The highest BCUT2D eigenvalue weighted by atomic mass is 35.5. The van der Waals surface area contributed by atoms with E-state index in [1.54, 1.807) is 0 Å². The van der Waals surface area contributed by atoms with E-state index in [1.165, 1.54) is 30.6 Å². The Bertz CT molecular complexity index is 693. The first-order valence-electron chi connectivity index (χ1n) is 9.70. The SMILES string of the molecule is CCNCC.Cc1cc(C(=O)c2cccs2)cc(C2CCCCC2)c1O.Cl. The van der Waals surface area contributed by atoms with Crippen molar-refractivity contribution in [3.8, 4) is 5.75 Å². The van der Waals surface area contributed by atoms with Crippen LogP contribution in [0.2, 0.25) is 0 Å². The number of ketones is 1. The molecule has 0 saturated heterocycles. The molecule has 1 aliphatic rings. The van der Waals surface area contributed by atoms with Crippen molar-refractivity contribution in [3.05, 3.63) is 51.2 Å². The minimum absolute atomic E-state index is 0. The van der Waals surface area contributed by atoms with Crippen molar-refractivity contribution >= 4 is 29.5 Å². The monoisotopic (exact) mass is 409 g/mol. The third-order valence-corrected chi connectivity index (χ3v) is 5.75. The fourth-order valence-electron chi connectivity index (χ4n) is 3.46. The van der Waals surface area contributed by atoms with Crippen LogP contribution in [0, 0.1) is 6.92 Å². The van der Waals surface area contributed by atoms with E-state index in [9.17, 15) is 9.90 Å². The van der Waals surface area contributed by atoms with Gasteiger partial charge in [0.25, 0.3) is 0 Å². The van der Waals surface area contributed by atoms with Gasteiger partial charge < -0.3 is 10.4 Å². The quantitative estimate of drug-likeness (QED) is 0.588. The molecule has 0 aliphatic heterocycles. The van der Waals surface area contributed by atoms with Crippen LogP contribution in [0.5, 0.6) is 5.75 Å². The lowest BCUT2D eigenvalue weighted by atomic mass is 9.82. The van der Waals surface area contributed by atoms with E-state index in [-0.39, 0.29) is 18.2 Å². The number of nitrogens with one attached hydrogen (secondary N) is 1. The Hall–Kier alpha value is -1.36. The smallest absolute Gasteiger partial charge is 0.202 e. The Morgan fingerprint density at radius 2 is 1.85 bits per heavy atom. The second-order valence-corrected chi connectivity index (χ2v) is 7.78. The molecular formula is C22H32ClNO2S. The van der Waals surface area contributed by atoms with Gasteiger partial charge in [-0.1, -0.05) is 39.2 Å². The predicted molar refractivity (Wildman–Crippen MR) is 118 cm³/mol. The summed E-state index contributed by atoms with van der Waals surface area (Å²) in [5, 5.41) is 15.4. The van der Waals surface area contributed by atoms with Crippen LogP contribution >= 0.6 is 23.7 Å². The van der Waals surface area contributed by atoms with E-state index in [0.29, 0.717) is 17.2 Å². The van der Waals surface area contributed by atoms with Crippen LogP contribution in [0.1, 0.15) is 78.2 Å². The molecule has 2 N–H and O–H groups in total. The molecule has 1 heterocycles. The fraction of sp³-hybridized carbons (Fsp3) is 0.500. The fourth-order valence-corrected chi connectivity index (χ4v) is 4.15. The number of hydrogen-bond acceptors (Lipinski definition) is 4. The molecule has 1 aromatic carbocycles. The third kappa shape index (κ3) is 6.63. The van der Waals surface area contributed by atoms with Crippen LogP contribution in [0.15, 0.2) is 29.6 Å². The molecule has 0 unspecified atom stereocenters. The van der Waals surface area contributed by atoms with Crippen molar-refractivity contribution < 1.29 is 9.90 Å². The summed E-state index contributed by atoms with van der Waals surface area (Å²) in [5.41, 5.74) is 2.47. The Morgan fingerprint density at radius 1 is 1.19 bits per heavy atom. The first-order valence-corrected chi connectivity index (χ1v) is 10.6. The summed E-state index contributed by atoms with van der Waals surface area (Å²) in [6, 6.07) is 7.48. The number of phenols is 1. The Labute approximate surface area is 173 Å². The molecule has 150 valence electrons. The van der Waals surface area contributed by atoms with Crippen molar-refractivity contribution in [1.82, 2.24) is 5.32 Å². The molecule has 2 aromatic rings. The van der Waals surface area contributed by atoms with Crippen LogP contribution in [0.25, 0.3) is 0 Å². The number of carbonyl (C=O) groups is 1. The second-order valence-electron chi connectivity index (χ2n) is 6.83. The van der Waals surface area contributed by atoms with Gasteiger partial charge in [0.05, 0.1) is 4.88 Å². The van der Waals surface area contributed by atoms with Gasteiger partial charge in [0.1, 0.15) is 5.75 Å². The maximum absolute atomic E-state index is 12.5. The van der Waals surface area contributed by atoms with Crippen LogP contribution in [-0.4, -0.2) is 24.0 Å². The van der Waals surface area contributed by atoms with E-state index in [0.717, 1.165) is 41.9 Å². The second kappa shape index (κ2) is 12.2. The molecule has 3 rings (SSSR count). The largest absolute Gasteiger partial charge is 0.507 e. The van der Waals surface area contributed by atoms with Crippen LogP contribution in [0.3, 0.4) is 0 Å². The molecule has 1 fully saturated rings. The molecule has 0 radical (unpaired) electrons. The zero-order valence-electron chi connectivity index (χ0n) is 16.6. The summed E-state index contributed by atoms with van der Waals surface area (Å²) in [7, 11) is 0. The number of hydrogen-bond donors (Lipinski definition) is 2. The molecule has 3 nitrogen and oxygen atoms in total. The number of benzene rings is 1. The Balaban J connectivity index is 0.000000542. The number of aryl methyl sites for hydroxylation is 1. The van der Waals surface area contributed by atoms with Gasteiger partial charge in [0.15, 0.2) is 0 Å². The number of phenolic OH excluding ortho intramolecular Hbond substituents is 1. The number of thiophene rings is 1. The minimum atomic E-state index is 0. The number of halogens is 1. The standard InChI is InChI=1S/C18H20O2S.C4H11N.ClH/c1-12-10-14(18(20)16-8-5-9-21-16)11-15(17(12)19)13-6-3-2-4-7-13;1-3-5-4-2;/h5,8-11,13,19H,2-4,6-7H2,1H3;5H,3-4H2,1-2H3;1H.